The Bertz CT molecular complexity index is 416. The van der Waals surface area contributed by atoms with Crippen molar-refractivity contribution in [2.75, 3.05) is 0 Å². The Morgan fingerprint density at radius 2 is 0.762 bits per heavy atom. The van der Waals surface area contributed by atoms with Crippen molar-refractivity contribution in [2.45, 2.75) is 40.7 Å². The fraction of sp³-hybridized carbons (Fsp3) is 1.00. The van der Waals surface area contributed by atoms with Crippen LogP contribution in [0.15, 0.2) is 0 Å². The van der Waals surface area contributed by atoms with Crippen LogP contribution in [0.2, 0.25) is 0 Å². The van der Waals surface area contributed by atoms with E-state index in [9.17, 15) is 57.1 Å². The van der Waals surface area contributed by atoms with Crippen LogP contribution in [0.1, 0.15) is 0 Å². The van der Waals surface area contributed by atoms with Gasteiger partial charge in [0.05, 0.1) is 0 Å². The smallest absolute Gasteiger partial charge is 0.219 e. The molecule has 0 spiro atoms. The third-order valence-corrected chi connectivity index (χ3v) is 3.31. The van der Waals surface area contributed by atoms with E-state index in [4.69, 9.17) is 0 Å². The van der Waals surface area contributed by atoms with Crippen LogP contribution in [0.25, 0.3) is 0 Å². The summed E-state index contributed by atoms with van der Waals surface area (Å²) < 4.78 is 165. The summed E-state index contributed by atoms with van der Waals surface area (Å²) in [6.45, 7) is 0. The van der Waals surface area contributed by atoms with Gasteiger partial charge in [0, 0.05) is 0 Å². The first-order valence-corrected chi connectivity index (χ1v) is 4.77. The van der Waals surface area contributed by atoms with E-state index in [1.165, 1.54) is 0 Å². The van der Waals surface area contributed by atoms with E-state index < -0.39 is 40.7 Å². The summed E-state index contributed by atoms with van der Waals surface area (Å²) in [6.07, 6.45) is -7.60. The van der Waals surface area contributed by atoms with Crippen molar-refractivity contribution >= 4 is 11.6 Å². The minimum atomic E-state index is -7.76. The molecular formula is C7ClF13. The summed E-state index contributed by atoms with van der Waals surface area (Å²) in [4.78, 5) is 0. The molecule has 1 aliphatic rings. The molecule has 0 N–H and O–H groups in total. The van der Waals surface area contributed by atoms with Crippen LogP contribution in [-0.4, -0.2) is 40.7 Å². The number of hydrogen-bond acceptors (Lipinski definition) is 0. The molecule has 21 heavy (non-hydrogen) atoms. The zero-order valence-corrected chi connectivity index (χ0v) is 9.55. The molecule has 0 bridgehead atoms. The highest BCUT2D eigenvalue weighted by molar-refractivity contribution is 6.24. The van der Waals surface area contributed by atoms with Gasteiger partial charge in [-0.2, -0.15) is 48.3 Å². The van der Waals surface area contributed by atoms with Gasteiger partial charge >= 0.3 is 40.7 Å². The monoisotopic (exact) mass is 366 g/mol. The predicted molar refractivity (Wildman–Crippen MR) is 39.4 cm³/mol. The number of alkyl halides is 14. The standard InChI is InChI=1S/C7ClF13/c8-2(10)5(15,16)3(11,12)1(9,7(19,20)21)4(13,14)6(2,17)18. The molecule has 0 aromatic heterocycles. The van der Waals surface area contributed by atoms with Gasteiger partial charge in [-0.15, -0.1) is 0 Å². The van der Waals surface area contributed by atoms with Crippen molar-refractivity contribution in [3.8, 4) is 0 Å². The summed E-state index contributed by atoms with van der Waals surface area (Å²) in [6, 6.07) is 0. The molecule has 126 valence electrons. The van der Waals surface area contributed by atoms with Gasteiger partial charge < -0.3 is 0 Å². The first kappa shape index (κ1) is 18.4. The lowest BCUT2D eigenvalue weighted by Gasteiger charge is -2.53. The normalized spacial score (nSPS) is 40.9. The van der Waals surface area contributed by atoms with Crippen LogP contribution in [0.4, 0.5) is 57.1 Å². The molecule has 0 aromatic carbocycles. The molecule has 0 amide bonds. The third-order valence-electron chi connectivity index (χ3n) is 2.83. The average Bonchev–Trinajstić information content (AvgIpc) is 2.23. The van der Waals surface area contributed by atoms with Gasteiger partial charge in [-0.25, -0.2) is 8.78 Å². The van der Waals surface area contributed by atoms with Crippen LogP contribution in [0, 0.1) is 0 Å². The Labute approximate surface area is 110 Å². The van der Waals surface area contributed by atoms with E-state index in [2.05, 4.69) is 11.6 Å². The lowest BCUT2D eigenvalue weighted by atomic mass is 9.72. The maximum atomic E-state index is 13.2. The Kier molecular flexibility index (Phi) is 3.36. The van der Waals surface area contributed by atoms with Gasteiger partial charge in [0.1, 0.15) is 0 Å². The van der Waals surface area contributed by atoms with Crippen LogP contribution in [0.3, 0.4) is 0 Å². The van der Waals surface area contributed by atoms with Crippen molar-refractivity contribution in [1.29, 1.82) is 0 Å². The summed E-state index contributed by atoms with van der Waals surface area (Å²) >= 11 is 3.64. The van der Waals surface area contributed by atoms with E-state index in [0.29, 0.717) is 0 Å². The second-order valence-electron chi connectivity index (χ2n) is 4.03. The molecule has 0 saturated heterocycles. The summed E-state index contributed by atoms with van der Waals surface area (Å²) in [7, 11) is 0. The highest BCUT2D eigenvalue weighted by Crippen LogP contribution is 2.72. The van der Waals surface area contributed by atoms with Crippen molar-refractivity contribution in [3.05, 3.63) is 0 Å². The average molecular weight is 367 g/mol. The first-order valence-electron chi connectivity index (χ1n) is 4.40. The Hall–Kier alpha value is -0.620. The van der Waals surface area contributed by atoms with Gasteiger partial charge in [0.25, 0.3) is 0 Å². The van der Waals surface area contributed by atoms with Crippen LogP contribution in [-0.2, 0) is 0 Å². The maximum Gasteiger partial charge on any atom is 0.435 e. The summed E-state index contributed by atoms with van der Waals surface area (Å²) in [5.74, 6) is -29.9. The number of halogens is 14. The minimum absolute atomic E-state index is 3.64. The quantitative estimate of drug-likeness (QED) is 0.430. The second-order valence-corrected chi connectivity index (χ2v) is 4.55. The van der Waals surface area contributed by atoms with Gasteiger partial charge in [0.2, 0.25) is 0 Å². The highest BCUT2D eigenvalue weighted by atomic mass is 35.5. The van der Waals surface area contributed by atoms with Gasteiger partial charge in [-0.05, 0) is 0 Å². The highest BCUT2D eigenvalue weighted by Gasteiger charge is 3.04. The first-order chi connectivity index (χ1) is 8.75. The lowest BCUT2D eigenvalue weighted by molar-refractivity contribution is -0.485. The van der Waals surface area contributed by atoms with Gasteiger partial charge in [-0.3, -0.25) is 0 Å². The van der Waals surface area contributed by atoms with E-state index >= 15 is 0 Å². The third kappa shape index (κ3) is 1.50. The van der Waals surface area contributed by atoms with Crippen LogP contribution < -0.4 is 0 Å². The number of hydrogen-bond donors (Lipinski definition) is 0. The summed E-state index contributed by atoms with van der Waals surface area (Å²) in [5.41, 5.74) is -7.76. The fourth-order valence-corrected chi connectivity index (χ4v) is 1.81. The molecule has 1 saturated carbocycles. The molecular weight excluding hydrogens is 367 g/mol. The molecule has 0 atom stereocenters. The minimum Gasteiger partial charge on any atom is -0.219 e. The van der Waals surface area contributed by atoms with Crippen molar-refractivity contribution in [1.82, 2.24) is 0 Å². The van der Waals surface area contributed by atoms with E-state index in [1.807, 2.05) is 0 Å². The zero-order valence-electron chi connectivity index (χ0n) is 8.79. The molecule has 0 radical (unpaired) electrons. The Balaban J connectivity index is 3.93. The molecule has 1 aliphatic carbocycles. The van der Waals surface area contributed by atoms with E-state index in [1.54, 1.807) is 0 Å². The fourth-order valence-electron chi connectivity index (χ4n) is 1.58. The number of rotatable bonds is 0. The largest absolute Gasteiger partial charge is 0.435 e. The second kappa shape index (κ2) is 3.82. The molecule has 1 rings (SSSR count). The summed E-state index contributed by atoms with van der Waals surface area (Å²) in [5, 5.41) is -6.67. The van der Waals surface area contributed by atoms with E-state index in [-0.39, 0.29) is 0 Å². The lowest BCUT2D eigenvalue weighted by Crippen LogP contribution is -2.86. The Morgan fingerprint density at radius 3 is 0.952 bits per heavy atom. The molecule has 0 aromatic rings. The van der Waals surface area contributed by atoms with E-state index in [0.717, 1.165) is 0 Å². The maximum absolute atomic E-state index is 13.2. The molecule has 1 fully saturated rings. The van der Waals surface area contributed by atoms with Crippen LogP contribution in [0.5, 0.6) is 0 Å². The molecule has 0 aliphatic heterocycles. The predicted octanol–water partition coefficient (Wildman–Crippen LogP) is 4.72. The van der Waals surface area contributed by atoms with Crippen LogP contribution >= 0.6 is 11.6 Å². The topological polar surface area (TPSA) is 0 Å². The zero-order chi connectivity index (χ0) is 17.5. The molecule has 0 unspecified atom stereocenters. The van der Waals surface area contributed by atoms with Gasteiger partial charge in [0.15, 0.2) is 0 Å². The van der Waals surface area contributed by atoms with Crippen molar-refractivity contribution in [3.63, 3.8) is 0 Å². The van der Waals surface area contributed by atoms with Crippen molar-refractivity contribution in [2.24, 2.45) is 0 Å². The van der Waals surface area contributed by atoms with Crippen molar-refractivity contribution < 1.29 is 57.1 Å². The molecule has 0 heterocycles. The van der Waals surface area contributed by atoms with Gasteiger partial charge in [-0.1, -0.05) is 11.6 Å². The SMILES string of the molecule is FC(F)(F)C1(F)C(F)(F)C(F)(F)C(F)(Cl)C(F)(F)C1(F)F. The Morgan fingerprint density at radius 1 is 0.524 bits per heavy atom. The molecule has 0 nitrogen and oxygen atoms in total. The molecule has 14 heteroatoms.